The first-order chi connectivity index (χ1) is 25.6. The van der Waals surface area contributed by atoms with E-state index in [9.17, 15) is 10.2 Å². The van der Waals surface area contributed by atoms with Gasteiger partial charge in [-0.25, -0.2) is 0 Å². The zero-order valence-electron chi connectivity index (χ0n) is 44.0. The number of hydrogen-bond donors (Lipinski definition) is 2. The second-order valence-electron chi connectivity index (χ2n) is 23.6. The van der Waals surface area contributed by atoms with Gasteiger partial charge < -0.3 is 10.2 Å². The molecule has 0 atom stereocenters. The van der Waals surface area contributed by atoms with Crippen molar-refractivity contribution in [3.8, 4) is 11.5 Å². The fourth-order valence-corrected chi connectivity index (χ4v) is 7.23. The fourth-order valence-electron chi connectivity index (χ4n) is 7.23. The van der Waals surface area contributed by atoms with Crippen LogP contribution in [0.5, 0.6) is 11.5 Å². The van der Waals surface area contributed by atoms with Crippen LogP contribution < -0.4 is 0 Å². The van der Waals surface area contributed by atoms with Gasteiger partial charge in [-0.2, -0.15) is 0 Å². The van der Waals surface area contributed by atoms with Crippen LogP contribution in [0.2, 0.25) is 0 Å². The molecule has 0 amide bonds. The Bertz CT molecular complexity index is 1330. The van der Waals surface area contributed by atoms with E-state index in [0.717, 1.165) is 22.3 Å². The Kier molecular flexibility index (Phi) is 24.0. The topological polar surface area (TPSA) is 40.5 Å². The van der Waals surface area contributed by atoms with E-state index < -0.39 is 0 Å². The van der Waals surface area contributed by atoms with Gasteiger partial charge in [-0.1, -0.05) is 218 Å². The molecular formula is C56H90O2Sm2. The molecule has 60 heavy (non-hydrogen) atoms. The molecule has 0 heterocycles. The van der Waals surface area contributed by atoms with Gasteiger partial charge in [-0.05, 0) is 125 Å². The minimum atomic E-state index is -0.0503. The molecule has 2 N–H and O–H groups in total. The summed E-state index contributed by atoms with van der Waals surface area (Å²) in [6.07, 6.45) is 0. The van der Waals surface area contributed by atoms with Crippen LogP contribution in [0.25, 0.3) is 0 Å². The van der Waals surface area contributed by atoms with E-state index in [-0.39, 0.29) is 113 Å². The predicted octanol–water partition coefficient (Wildman–Crippen LogP) is 16.5. The summed E-state index contributed by atoms with van der Waals surface area (Å²) in [6.45, 7) is 61.2. The third-order valence-corrected chi connectivity index (χ3v) is 12.8. The predicted molar refractivity (Wildman–Crippen MR) is 258 cm³/mol. The third-order valence-electron chi connectivity index (χ3n) is 12.8. The molecule has 2 fully saturated rings. The summed E-state index contributed by atoms with van der Waals surface area (Å²) in [5, 5.41) is 21.3. The second kappa shape index (κ2) is 22.9. The van der Waals surface area contributed by atoms with Gasteiger partial charge in [0.15, 0.2) is 0 Å². The van der Waals surface area contributed by atoms with Crippen LogP contribution >= 0.6 is 0 Å². The van der Waals surface area contributed by atoms with E-state index in [1.807, 2.05) is 0 Å². The van der Waals surface area contributed by atoms with E-state index in [1.54, 1.807) is 0 Å². The summed E-state index contributed by atoms with van der Waals surface area (Å²) < 4.78 is 0. The molecule has 2 saturated carbocycles. The fraction of sp³-hybridized carbons (Fsp3) is 0.607. The van der Waals surface area contributed by atoms with Crippen LogP contribution in [0, 0.1) is 140 Å². The van der Waals surface area contributed by atoms with Gasteiger partial charge in [0, 0.05) is 80.8 Å². The summed E-state index contributed by atoms with van der Waals surface area (Å²) in [4.78, 5) is 0. The molecule has 2 aromatic rings. The SMILES string of the molecule is CC(C)(C)c1cc(C(C)(C)C)c(O)c(C(C)(C)C)c1.CC(C)(C)c1cc(C(C)(C)C)c(O)c(C(C)(C)C)c1.C[C]1[C](C)[C](C)[C](C)[C]1C.C[C]1[C](C)[C](C)[C](C)[C]1C.[Sm].[Sm]. The van der Waals surface area contributed by atoms with Crippen molar-refractivity contribution in [2.45, 2.75) is 226 Å². The van der Waals surface area contributed by atoms with Gasteiger partial charge in [-0.15, -0.1) is 0 Å². The maximum atomic E-state index is 10.7. The summed E-state index contributed by atoms with van der Waals surface area (Å²) in [7, 11) is 0. The first-order valence-corrected chi connectivity index (χ1v) is 21.8. The average molecular weight is 1100 g/mol. The van der Waals surface area contributed by atoms with Crippen molar-refractivity contribution in [3.05, 3.63) is 117 Å². The van der Waals surface area contributed by atoms with Crippen LogP contribution in [-0.2, 0) is 32.5 Å². The smallest absolute Gasteiger partial charge is 0.123 e. The monoisotopic (exact) mass is 1100 g/mol. The Hall–Kier alpha value is 0.715. The summed E-state index contributed by atoms with van der Waals surface area (Å²) in [5.41, 5.74) is 6.75. The van der Waals surface area contributed by atoms with Gasteiger partial charge in [0.05, 0.1) is 0 Å². The normalized spacial score (nSPS) is 18.2. The molecule has 0 bridgehead atoms. The van der Waals surface area contributed by atoms with Gasteiger partial charge in [0.1, 0.15) is 11.5 Å². The third kappa shape index (κ3) is 16.5. The molecule has 0 unspecified atom stereocenters. The number of aromatic hydroxyl groups is 2. The van der Waals surface area contributed by atoms with Crippen LogP contribution in [-0.4, -0.2) is 10.2 Å². The number of rotatable bonds is 0. The van der Waals surface area contributed by atoms with Gasteiger partial charge in [0.2, 0.25) is 0 Å². The molecule has 0 aromatic heterocycles. The summed E-state index contributed by atoms with van der Waals surface area (Å²) >= 11 is 0. The van der Waals surface area contributed by atoms with Crippen LogP contribution in [0.15, 0.2) is 24.3 Å². The van der Waals surface area contributed by atoms with E-state index in [1.165, 1.54) is 70.3 Å². The van der Waals surface area contributed by atoms with Gasteiger partial charge in [-0.3, -0.25) is 0 Å². The van der Waals surface area contributed by atoms with Crippen molar-refractivity contribution in [2.24, 2.45) is 0 Å². The Balaban J connectivity index is 0. The van der Waals surface area contributed by atoms with Crippen LogP contribution in [0.1, 0.15) is 227 Å². The Morgan fingerprint density at radius 3 is 0.450 bits per heavy atom. The summed E-state index contributed by atoms with van der Waals surface area (Å²) in [6, 6.07) is 8.68. The van der Waals surface area contributed by atoms with Gasteiger partial charge >= 0.3 is 0 Å². The first-order valence-electron chi connectivity index (χ1n) is 21.8. The molecule has 0 aliphatic heterocycles. The minimum Gasteiger partial charge on any atom is -0.507 e. The first kappa shape index (κ1) is 62.8. The van der Waals surface area contributed by atoms with Crippen molar-refractivity contribution in [1.29, 1.82) is 0 Å². The number of benzene rings is 2. The van der Waals surface area contributed by atoms with E-state index in [4.69, 9.17) is 0 Å². The molecule has 2 aromatic carbocycles. The Morgan fingerprint density at radius 2 is 0.367 bits per heavy atom. The van der Waals surface area contributed by atoms with Crippen molar-refractivity contribution in [2.75, 3.05) is 0 Å². The Labute approximate surface area is 440 Å². The molecule has 2 nitrogen and oxygen atoms in total. The maximum Gasteiger partial charge on any atom is 0.123 e. The van der Waals surface area contributed by atoms with E-state index >= 15 is 0 Å². The second-order valence-corrected chi connectivity index (χ2v) is 23.6. The molecule has 2 aliphatic carbocycles. The number of hydrogen-bond acceptors (Lipinski definition) is 2. The number of phenolic OH excluding ortho intramolecular Hbond substituents is 2. The minimum absolute atomic E-state index is 0. The van der Waals surface area contributed by atoms with Crippen molar-refractivity contribution in [1.82, 2.24) is 0 Å². The van der Waals surface area contributed by atoms with Crippen molar-refractivity contribution >= 4 is 0 Å². The molecule has 338 valence electrons. The number of phenols is 2. The molecule has 4 rings (SSSR count). The largest absolute Gasteiger partial charge is 0.507 e. The standard InChI is InChI=1S/2C18H30O.2C10H15.2Sm/c2*1-16(2,3)12-10-13(17(4,5)6)15(19)14(11-12)18(7,8)9;2*1-6-7(2)9(4)10(5)8(6)3;;/h2*10-11,19H,1-9H3;2*1-5H3;;. The molecule has 10 radical (unpaired) electrons. The van der Waals surface area contributed by atoms with Crippen molar-refractivity contribution < 1.29 is 91.0 Å². The van der Waals surface area contributed by atoms with E-state index in [2.05, 4.69) is 218 Å². The zero-order valence-corrected chi connectivity index (χ0v) is 49.3. The van der Waals surface area contributed by atoms with Gasteiger partial charge in [0.25, 0.3) is 0 Å². The quantitative estimate of drug-likeness (QED) is 0.276. The molecule has 0 saturated heterocycles. The molecule has 4 heteroatoms. The van der Waals surface area contributed by atoms with Crippen LogP contribution in [0.3, 0.4) is 0 Å². The molecule has 0 spiro atoms. The zero-order chi connectivity index (χ0) is 46.2. The van der Waals surface area contributed by atoms with Crippen LogP contribution in [0.4, 0.5) is 0 Å². The van der Waals surface area contributed by atoms with Crippen molar-refractivity contribution in [3.63, 3.8) is 0 Å². The van der Waals surface area contributed by atoms with E-state index in [0.29, 0.717) is 11.5 Å². The average Bonchev–Trinajstić information content (AvgIpc) is 3.31. The molecular weight excluding hydrogens is 1010 g/mol. The maximum absolute atomic E-state index is 10.7. The Morgan fingerprint density at radius 1 is 0.250 bits per heavy atom. The molecule has 2 aliphatic rings. The summed E-state index contributed by atoms with van der Waals surface area (Å²) in [5.74, 6) is 15.6.